The minimum Gasteiger partial charge on any atom is -0.308 e. The Morgan fingerprint density at radius 3 is 1.90 bits per heavy atom. The topological polar surface area (TPSA) is 54.5 Å². The van der Waals surface area contributed by atoms with E-state index in [1.807, 2.05) is 48.5 Å². The molecule has 0 spiro atoms. The maximum Gasteiger partial charge on any atom is 0.160 e. The molecule has 5 heteroatoms. The fraction of sp³-hybridized carbons (Fsp3) is 0. The minimum absolute atomic E-state index is 0.643. The van der Waals surface area contributed by atoms with Gasteiger partial charge in [-0.3, -0.25) is 0 Å². The summed E-state index contributed by atoms with van der Waals surface area (Å²) in [5.74, 6) is 0.684. The van der Waals surface area contributed by atoms with Crippen molar-refractivity contribution in [2.24, 2.45) is 0 Å². The molecule has 0 atom stereocenters. The van der Waals surface area contributed by atoms with Crippen molar-refractivity contribution < 1.29 is 0 Å². The van der Waals surface area contributed by atoms with Crippen molar-refractivity contribution in [1.29, 1.82) is 5.26 Å². The van der Waals surface area contributed by atoms with E-state index in [-0.39, 0.29) is 0 Å². The Balaban J connectivity index is 1.16. The fourth-order valence-corrected chi connectivity index (χ4v) is 8.52. The van der Waals surface area contributed by atoms with Gasteiger partial charge in [-0.05, 0) is 54.1 Å². The van der Waals surface area contributed by atoms with Gasteiger partial charge in [-0.1, -0.05) is 121 Å². The molecule has 7 aromatic carbocycles. The summed E-state index contributed by atoms with van der Waals surface area (Å²) in [7, 11) is 0. The summed E-state index contributed by atoms with van der Waals surface area (Å²) in [5, 5.41) is 15.5. The SMILES string of the molecule is N#Cc1c(-c2ccc3sc4ccccc4c3c2)cccc1-n1c2ccccc2c2cc(-c3cc(-c4ccccc4)nc(-c4ccccc4)n3)ccc21. The van der Waals surface area contributed by atoms with Crippen LogP contribution in [0.5, 0.6) is 0 Å². The zero-order valence-corrected chi connectivity index (χ0v) is 28.7. The van der Waals surface area contributed by atoms with E-state index >= 15 is 0 Å². The molecule has 0 aliphatic carbocycles. The number of hydrogen-bond donors (Lipinski definition) is 0. The first-order valence-corrected chi connectivity index (χ1v) is 18.0. The largest absolute Gasteiger partial charge is 0.308 e. The maximum absolute atomic E-state index is 10.8. The molecule has 0 bridgehead atoms. The Morgan fingerprint density at radius 2 is 1.10 bits per heavy atom. The molecular formula is C47H28N4S. The summed E-state index contributed by atoms with van der Waals surface area (Å²) in [6.45, 7) is 0. The standard InChI is InChI=1S/C47H28N4S/c48-29-39-34(32-23-25-46-38(26-32)36-17-8-10-21-45(36)52-46)18-11-20-43(39)51-42-19-9-7-16-35(42)37-27-33(22-24-44(37)51)41-28-40(30-12-3-1-4-13-30)49-47(50-41)31-14-5-2-6-15-31/h1-28H. The number of rotatable bonds is 5. The molecule has 10 rings (SSSR count). The van der Waals surface area contributed by atoms with Crippen molar-refractivity contribution in [1.82, 2.24) is 14.5 Å². The number of nitrogens with zero attached hydrogens (tertiary/aromatic N) is 4. The van der Waals surface area contributed by atoms with Crippen LogP contribution in [0.2, 0.25) is 0 Å². The lowest BCUT2D eigenvalue weighted by atomic mass is 9.97. The molecule has 3 aromatic heterocycles. The second-order valence-corrected chi connectivity index (χ2v) is 14.0. The van der Waals surface area contributed by atoms with Gasteiger partial charge in [-0.15, -0.1) is 11.3 Å². The molecule has 0 saturated heterocycles. The number of para-hydroxylation sites is 1. The van der Waals surface area contributed by atoms with Crippen LogP contribution in [0.4, 0.5) is 0 Å². The molecule has 242 valence electrons. The second-order valence-electron chi connectivity index (χ2n) is 12.9. The van der Waals surface area contributed by atoms with Gasteiger partial charge in [0.25, 0.3) is 0 Å². The highest BCUT2D eigenvalue weighted by molar-refractivity contribution is 7.25. The van der Waals surface area contributed by atoms with Crippen molar-refractivity contribution in [3.63, 3.8) is 0 Å². The van der Waals surface area contributed by atoms with Crippen molar-refractivity contribution in [2.45, 2.75) is 0 Å². The third-order valence-electron chi connectivity index (χ3n) is 9.88. The van der Waals surface area contributed by atoms with Crippen LogP contribution in [0.1, 0.15) is 5.56 Å². The molecular weight excluding hydrogens is 653 g/mol. The lowest BCUT2D eigenvalue weighted by molar-refractivity contribution is 1.17. The first-order valence-electron chi connectivity index (χ1n) is 17.2. The van der Waals surface area contributed by atoms with Crippen molar-refractivity contribution >= 4 is 53.3 Å². The molecule has 10 aromatic rings. The van der Waals surface area contributed by atoms with E-state index in [4.69, 9.17) is 9.97 Å². The Bertz CT molecular complexity index is 2970. The maximum atomic E-state index is 10.8. The van der Waals surface area contributed by atoms with Crippen molar-refractivity contribution in [3.05, 3.63) is 175 Å². The molecule has 0 amide bonds. The van der Waals surface area contributed by atoms with Crippen molar-refractivity contribution in [3.8, 4) is 56.8 Å². The van der Waals surface area contributed by atoms with Crippen LogP contribution in [-0.4, -0.2) is 14.5 Å². The summed E-state index contributed by atoms with van der Waals surface area (Å²) in [5.41, 5.74) is 10.2. The molecule has 0 N–H and O–H groups in total. The predicted molar refractivity (Wildman–Crippen MR) is 216 cm³/mol. The number of benzene rings is 7. The first kappa shape index (κ1) is 30.0. The molecule has 0 unspecified atom stereocenters. The highest BCUT2D eigenvalue weighted by atomic mass is 32.1. The van der Waals surface area contributed by atoms with E-state index in [9.17, 15) is 5.26 Å². The van der Waals surface area contributed by atoms with Crippen LogP contribution in [0, 0.1) is 11.3 Å². The summed E-state index contributed by atoms with van der Waals surface area (Å²) < 4.78 is 4.75. The van der Waals surface area contributed by atoms with Crippen LogP contribution in [0.3, 0.4) is 0 Å². The summed E-state index contributed by atoms with van der Waals surface area (Å²) in [4.78, 5) is 10.1. The van der Waals surface area contributed by atoms with Gasteiger partial charge >= 0.3 is 0 Å². The first-order chi connectivity index (χ1) is 25.7. The molecule has 0 aliphatic heterocycles. The number of fused-ring (bicyclic) bond motifs is 6. The third-order valence-corrected chi connectivity index (χ3v) is 11.0. The summed E-state index contributed by atoms with van der Waals surface area (Å²) >= 11 is 1.80. The zero-order valence-electron chi connectivity index (χ0n) is 27.9. The van der Waals surface area contributed by atoms with E-state index in [0.29, 0.717) is 11.4 Å². The van der Waals surface area contributed by atoms with E-state index in [1.54, 1.807) is 11.3 Å². The Kier molecular flexibility index (Phi) is 7.02. The average molecular weight is 681 g/mol. The third kappa shape index (κ3) is 4.89. The van der Waals surface area contributed by atoms with Gasteiger partial charge < -0.3 is 4.57 Å². The summed E-state index contributed by atoms with van der Waals surface area (Å²) in [6.07, 6.45) is 0. The van der Waals surface area contributed by atoms with Gasteiger partial charge in [0, 0.05) is 53.2 Å². The van der Waals surface area contributed by atoms with Crippen LogP contribution >= 0.6 is 11.3 Å². The van der Waals surface area contributed by atoms with Gasteiger partial charge in [0.15, 0.2) is 5.82 Å². The zero-order chi connectivity index (χ0) is 34.6. The quantitative estimate of drug-likeness (QED) is 0.182. The number of thiophene rings is 1. The van der Waals surface area contributed by atoms with Gasteiger partial charge in [0.05, 0.1) is 33.7 Å². The van der Waals surface area contributed by atoms with Crippen LogP contribution in [0.25, 0.3) is 92.7 Å². The van der Waals surface area contributed by atoms with Crippen LogP contribution < -0.4 is 0 Å². The highest BCUT2D eigenvalue weighted by Crippen LogP contribution is 2.40. The normalized spacial score (nSPS) is 11.4. The Morgan fingerprint density at radius 1 is 0.462 bits per heavy atom. The number of aromatic nitrogens is 3. The summed E-state index contributed by atoms with van der Waals surface area (Å²) in [6, 6.07) is 61.3. The van der Waals surface area contributed by atoms with E-state index in [1.165, 1.54) is 20.2 Å². The van der Waals surface area contributed by atoms with Crippen molar-refractivity contribution in [2.75, 3.05) is 0 Å². The lowest BCUT2D eigenvalue weighted by Crippen LogP contribution is -1.99. The number of nitriles is 1. The van der Waals surface area contributed by atoms with E-state index in [0.717, 1.165) is 66.7 Å². The molecule has 0 radical (unpaired) electrons. The number of hydrogen-bond acceptors (Lipinski definition) is 4. The molecule has 0 fully saturated rings. The molecule has 52 heavy (non-hydrogen) atoms. The fourth-order valence-electron chi connectivity index (χ4n) is 7.44. The smallest absolute Gasteiger partial charge is 0.160 e. The Hall–Kier alpha value is -6.87. The van der Waals surface area contributed by atoms with Crippen LogP contribution in [0.15, 0.2) is 170 Å². The van der Waals surface area contributed by atoms with Crippen LogP contribution in [-0.2, 0) is 0 Å². The monoisotopic (exact) mass is 680 g/mol. The molecule has 4 nitrogen and oxygen atoms in total. The van der Waals surface area contributed by atoms with Gasteiger partial charge in [-0.25, -0.2) is 9.97 Å². The van der Waals surface area contributed by atoms with E-state index < -0.39 is 0 Å². The van der Waals surface area contributed by atoms with Gasteiger partial charge in [0.1, 0.15) is 6.07 Å². The van der Waals surface area contributed by atoms with Gasteiger partial charge in [-0.2, -0.15) is 5.26 Å². The average Bonchev–Trinajstić information content (AvgIpc) is 3.76. The predicted octanol–water partition coefficient (Wildman–Crippen LogP) is 12.5. The molecule has 3 heterocycles. The molecule has 0 saturated carbocycles. The second kappa shape index (κ2) is 12.2. The lowest BCUT2D eigenvalue weighted by Gasteiger charge is -2.14. The van der Waals surface area contributed by atoms with E-state index in [2.05, 4.69) is 132 Å². The minimum atomic E-state index is 0.643. The molecule has 0 aliphatic rings. The Labute approximate surface area is 304 Å². The van der Waals surface area contributed by atoms with Gasteiger partial charge in [0.2, 0.25) is 0 Å². The highest BCUT2D eigenvalue weighted by Gasteiger charge is 2.19.